The van der Waals surface area contributed by atoms with E-state index in [0.29, 0.717) is 32.7 Å². The molecule has 2 aromatic rings. The summed E-state index contributed by atoms with van der Waals surface area (Å²) in [5, 5.41) is 3.28. The van der Waals surface area contributed by atoms with Crippen molar-refractivity contribution in [1.29, 1.82) is 0 Å². The first-order valence-corrected chi connectivity index (χ1v) is 8.68. The molecule has 1 N–H and O–H groups in total. The maximum atomic E-state index is 12.6. The quantitative estimate of drug-likeness (QED) is 0.872. The summed E-state index contributed by atoms with van der Waals surface area (Å²) in [6.45, 7) is 6.41. The third kappa shape index (κ3) is 4.24. The van der Waals surface area contributed by atoms with Gasteiger partial charge in [0.1, 0.15) is 13.2 Å². The number of anilines is 2. The van der Waals surface area contributed by atoms with Gasteiger partial charge in [-0.2, -0.15) is 0 Å². The minimum atomic E-state index is 0.109. The van der Waals surface area contributed by atoms with Crippen LogP contribution in [0.15, 0.2) is 42.5 Å². The molecular formula is C20H24N2O3. The Morgan fingerprint density at radius 3 is 2.68 bits per heavy atom. The van der Waals surface area contributed by atoms with Crippen LogP contribution in [0, 0.1) is 6.92 Å². The number of hydrogen-bond acceptors (Lipinski definition) is 4. The van der Waals surface area contributed by atoms with Crippen molar-refractivity contribution in [2.75, 3.05) is 36.5 Å². The van der Waals surface area contributed by atoms with Gasteiger partial charge in [-0.1, -0.05) is 12.1 Å². The summed E-state index contributed by atoms with van der Waals surface area (Å²) >= 11 is 0. The average Bonchev–Trinajstić information content (AvgIpc) is 2.62. The van der Waals surface area contributed by atoms with Gasteiger partial charge in [0.25, 0.3) is 0 Å². The Labute approximate surface area is 148 Å². The van der Waals surface area contributed by atoms with Crippen molar-refractivity contribution in [3.63, 3.8) is 0 Å². The van der Waals surface area contributed by atoms with E-state index < -0.39 is 0 Å². The molecule has 0 bridgehead atoms. The predicted molar refractivity (Wildman–Crippen MR) is 99.7 cm³/mol. The van der Waals surface area contributed by atoms with Gasteiger partial charge in [0.2, 0.25) is 5.91 Å². The molecule has 2 aromatic carbocycles. The third-order valence-corrected chi connectivity index (χ3v) is 4.14. The van der Waals surface area contributed by atoms with Gasteiger partial charge in [-0.25, -0.2) is 0 Å². The maximum absolute atomic E-state index is 12.6. The molecule has 0 aromatic heterocycles. The number of amides is 1. The van der Waals surface area contributed by atoms with Crippen LogP contribution in [0.4, 0.5) is 11.4 Å². The SMILES string of the molecule is CCN(C(=O)CCNc1ccc2c(c1)OCCO2)c1cccc(C)c1. The van der Waals surface area contributed by atoms with E-state index in [4.69, 9.17) is 9.47 Å². The lowest BCUT2D eigenvalue weighted by Crippen LogP contribution is -2.31. The van der Waals surface area contributed by atoms with Gasteiger partial charge in [-0.05, 0) is 43.7 Å². The number of ether oxygens (including phenoxy) is 2. The molecule has 0 spiro atoms. The minimum Gasteiger partial charge on any atom is -0.486 e. The summed E-state index contributed by atoms with van der Waals surface area (Å²) in [7, 11) is 0. The first-order chi connectivity index (χ1) is 12.2. The second-order valence-electron chi connectivity index (χ2n) is 6.01. The van der Waals surface area contributed by atoms with Crippen molar-refractivity contribution >= 4 is 17.3 Å². The van der Waals surface area contributed by atoms with Crippen molar-refractivity contribution in [3.05, 3.63) is 48.0 Å². The van der Waals surface area contributed by atoms with Crippen molar-refractivity contribution in [1.82, 2.24) is 0 Å². The normalized spacial score (nSPS) is 12.6. The van der Waals surface area contributed by atoms with E-state index in [1.54, 1.807) is 0 Å². The molecule has 0 aliphatic carbocycles. The maximum Gasteiger partial charge on any atom is 0.228 e. The molecule has 1 aliphatic rings. The molecule has 0 saturated heterocycles. The standard InChI is InChI=1S/C20H24N2O3/c1-3-22(17-6-4-5-15(2)13-17)20(23)9-10-21-16-7-8-18-19(14-16)25-12-11-24-18/h4-8,13-14,21H,3,9-12H2,1-2H3. The van der Waals surface area contributed by atoms with Gasteiger partial charge in [0.15, 0.2) is 11.5 Å². The van der Waals surface area contributed by atoms with Gasteiger partial charge < -0.3 is 19.7 Å². The molecule has 1 amide bonds. The van der Waals surface area contributed by atoms with E-state index in [1.165, 1.54) is 0 Å². The van der Waals surface area contributed by atoms with E-state index in [2.05, 4.69) is 5.32 Å². The highest BCUT2D eigenvalue weighted by Crippen LogP contribution is 2.32. The molecule has 0 saturated carbocycles. The number of nitrogens with one attached hydrogen (secondary N) is 1. The second-order valence-corrected chi connectivity index (χ2v) is 6.01. The molecule has 0 fully saturated rings. The smallest absolute Gasteiger partial charge is 0.228 e. The summed E-state index contributed by atoms with van der Waals surface area (Å²) in [4.78, 5) is 14.4. The summed E-state index contributed by atoms with van der Waals surface area (Å²) in [6, 6.07) is 13.8. The number of carbonyl (C=O) groups is 1. The first kappa shape index (κ1) is 17.1. The van der Waals surface area contributed by atoms with Gasteiger partial charge >= 0.3 is 0 Å². The highest BCUT2D eigenvalue weighted by molar-refractivity contribution is 5.93. The highest BCUT2D eigenvalue weighted by Gasteiger charge is 2.14. The van der Waals surface area contributed by atoms with Crippen LogP contribution >= 0.6 is 0 Å². The largest absolute Gasteiger partial charge is 0.486 e. The average molecular weight is 340 g/mol. The van der Waals surface area contributed by atoms with Gasteiger partial charge in [0.05, 0.1) is 0 Å². The van der Waals surface area contributed by atoms with Crippen LogP contribution in [0.25, 0.3) is 0 Å². The van der Waals surface area contributed by atoms with Crippen LogP contribution in [0.1, 0.15) is 18.9 Å². The topological polar surface area (TPSA) is 50.8 Å². The molecule has 1 aliphatic heterocycles. The van der Waals surface area contributed by atoms with Gasteiger partial charge in [0, 0.05) is 37.0 Å². The van der Waals surface area contributed by atoms with Gasteiger partial charge in [-0.3, -0.25) is 4.79 Å². The monoisotopic (exact) mass is 340 g/mol. The molecule has 132 valence electrons. The predicted octanol–water partition coefficient (Wildman–Crippen LogP) is 3.62. The van der Waals surface area contributed by atoms with Crippen molar-refractivity contribution in [2.24, 2.45) is 0 Å². The number of fused-ring (bicyclic) bond motifs is 1. The van der Waals surface area contributed by atoms with Crippen molar-refractivity contribution in [2.45, 2.75) is 20.3 Å². The van der Waals surface area contributed by atoms with Crippen LogP contribution in [0.3, 0.4) is 0 Å². The Balaban J connectivity index is 1.56. The van der Waals surface area contributed by atoms with E-state index in [1.807, 2.05) is 61.2 Å². The van der Waals surface area contributed by atoms with Crippen LogP contribution in [0.5, 0.6) is 11.5 Å². The molecule has 0 radical (unpaired) electrons. The highest BCUT2D eigenvalue weighted by atomic mass is 16.6. The lowest BCUT2D eigenvalue weighted by molar-refractivity contribution is -0.118. The number of carbonyl (C=O) groups excluding carboxylic acids is 1. The van der Waals surface area contributed by atoms with E-state index >= 15 is 0 Å². The Morgan fingerprint density at radius 1 is 1.12 bits per heavy atom. The molecule has 5 nitrogen and oxygen atoms in total. The van der Waals surface area contributed by atoms with E-state index in [9.17, 15) is 4.79 Å². The van der Waals surface area contributed by atoms with Crippen molar-refractivity contribution < 1.29 is 14.3 Å². The number of benzene rings is 2. The first-order valence-electron chi connectivity index (χ1n) is 8.68. The fourth-order valence-corrected chi connectivity index (χ4v) is 2.90. The fraction of sp³-hybridized carbons (Fsp3) is 0.350. The van der Waals surface area contributed by atoms with E-state index in [-0.39, 0.29) is 5.91 Å². The Hall–Kier alpha value is -2.69. The lowest BCUT2D eigenvalue weighted by Gasteiger charge is -2.22. The molecule has 0 unspecified atom stereocenters. The molecule has 1 heterocycles. The summed E-state index contributed by atoms with van der Waals surface area (Å²) < 4.78 is 11.1. The molecule has 25 heavy (non-hydrogen) atoms. The van der Waals surface area contributed by atoms with Crippen LogP contribution in [-0.4, -0.2) is 32.2 Å². The zero-order chi connectivity index (χ0) is 17.6. The third-order valence-electron chi connectivity index (χ3n) is 4.14. The molecular weight excluding hydrogens is 316 g/mol. The lowest BCUT2D eigenvalue weighted by atomic mass is 10.2. The number of nitrogens with zero attached hydrogens (tertiary/aromatic N) is 1. The van der Waals surface area contributed by atoms with Crippen LogP contribution < -0.4 is 19.7 Å². The summed E-state index contributed by atoms with van der Waals surface area (Å²) in [5.74, 6) is 1.63. The number of rotatable bonds is 6. The zero-order valence-corrected chi connectivity index (χ0v) is 14.7. The minimum absolute atomic E-state index is 0.109. The van der Waals surface area contributed by atoms with Crippen LogP contribution in [-0.2, 0) is 4.79 Å². The fourth-order valence-electron chi connectivity index (χ4n) is 2.90. The summed E-state index contributed by atoms with van der Waals surface area (Å²) in [5.41, 5.74) is 3.03. The number of aryl methyl sites for hydroxylation is 1. The van der Waals surface area contributed by atoms with Crippen LogP contribution in [0.2, 0.25) is 0 Å². The van der Waals surface area contributed by atoms with Crippen molar-refractivity contribution in [3.8, 4) is 11.5 Å². The zero-order valence-electron chi connectivity index (χ0n) is 14.7. The van der Waals surface area contributed by atoms with Gasteiger partial charge in [-0.15, -0.1) is 0 Å². The molecule has 3 rings (SSSR count). The Morgan fingerprint density at radius 2 is 1.92 bits per heavy atom. The summed E-state index contributed by atoms with van der Waals surface area (Å²) in [6.07, 6.45) is 0.427. The van der Waals surface area contributed by atoms with E-state index in [0.717, 1.165) is 28.4 Å². The molecule has 5 heteroatoms. The molecule has 0 atom stereocenters. The second kappa shape index (κ2) is 7.92. The Kier molecular flexibility index (Phi) is 5.43. The number of hydrogen-bond donors (Lipinski definition) is 1. The Bertz CT molecular complexity index is 745.